The minimum Gasteiger partial charge on any atom is -0.497 e. The molecule has 0 bridgehead atoms. The third-order valence-electron chi connectivity index (χ3n) is 6.67. The van der Waals surface area contributed by atoms with Crippen LogP contribution in [0.5, 0.6) is 5.75 Å². The summed E-state index contributed by atoms with van der Waals surface area (Å²) in [6.45, 7) is 2.17. The Hall–Kier alpha value is -4.36. The number of methoxy groups -OCH3 is 1. The summed E-state index contributed by atoms with van der Waals surface area (Å²) in [5, 5.41) is 1.02. The summed E-state index contributed by atoms with van der Waals surface area (Å²) in [6, 6.07) is 22.7. The van der Waals surface area contributed by atoms with Gasteiger partial charge in [-0.05, 0) is 72.9 Å². The van der Waals surface area contributed by atoms with E-state index in [0.29, 0.717) is 19.4 Å². The number of amides is 1. The Balaban J connectivity index is 1.42. The summed E-state index contributed by atoms with van der Waals surface area (Å²) in [7, 11) is 3.33. The fourth-order valence-corrected chi connectivity index (χ4v) is 4.63. The van der Waals surface area contributed by atoms with Crippen LogP contribution >= 0.6 is 0 Å². The number of benzene rings is 3. The van der Waals surface area contributed by atoms with Crippen molar-refractivity contribution in [2.75, 3.05) is 25.7 Å². The number of ether oxygens (including phenoxy) is 2. The number of para-hydroxylation sites is 1. The van der Waals surface area contributed by atoms with Crippen LogP contribution in [0.4, 0.5) is 5.69 Å². The molecule has 0 aliphatic carbocycles. The number of esters is 1. The number of carbonyl (C=O) groups excluding carboxylic acids is 2. The Morgan fingerprint density at radius 3 is 2.51 bits per heavy atom. The van der Waals surface area contributed by atoms with Crippen molar-refractivity contribution >= 4 is 34.5 Å². The molecule has 0 saturated heterocycles. The van der Waals surface area contributed by atoms with E-state index in [1.54, 1.807) is 19.1 Å². The Morgan fingerprint density at radius 1 is 1.03 bits per heavy atom. The van der Waals surface area contributed by atoms with Gasteiger partial charge in [0.25, 0.3) is 0 Å². The van der Waals surface area contributed by atoms with Gasteiger partial charge in [0.1, 0.15) is 5.75 Å². The number of anilines is 1. The van der Waals surface area contributed by atoms with E-state index in [1.807, 2.05) is 73.7 Å². The Bertz CT molecular complexity index is 1460. The molecule has 0 aliphatic rings. The van der Waals surface area contributed by atoms with E-state index in [0.717, 1.165) is 44.7 Å². The number of nitrogens with one attached hydrogen (secondary N) is 1. The van der Waals surface area contributed by atoms with Gasteiger partial charge in [-0.2, -0.15) is 0 Å². The third-order valence-corrected chi connectivity index (χ3v) is 6.67. The van der Waals surface area contributed by atoms with Crippen molar-refractivity contribution in [1.82, 2.24) is 4.98 Å². The normalized spacial score (nSPS) is 12.0. The Labute approximate surface area is 229 Å². The number of hydrogen-bond acceptors (Lipinski definition) is 5. The van der Waals surface area contributed by atoms with Gasteiger partial charge in [0, 0.05) is 29.3 Å². The first-order chi connectivity index (χ1) is 18.9. The van der Waals surface area contributed by atoms with Crippen LogP contribution in [-0.2, 0) is 33.6 Å². The van der Waals surface area contributed by atoms with E-state index < -0.39 is 6.04 Å². The van der Waals surface area contributed by atoms with Crippen LogP contribution in [0.1, 0.15) is 29.3 Å². The summed E-state index contributed by atoms with van der Waals surface area (Å²) >= 11 is 0. The summed E-state index contributed by atoms with van der Waals surface area (Å²) in [5.41, 5.74) is 12.0. The lowest BCUT2D eigenvalue weighted by Crippen LogP contribution is -2.43. The lowest BCUT2D eigenvalue weighted by Gasteiger charge is -2.22. The van der Waals surface area contributed by atoms with Crippen LogP contribution in [0.25, 0.3) is 17.0 Å². The van der Waals surface area contributed by atoms with Gasteiger partial charge >= 0.3 is 5.97 Å². The predicted molar refractivity (Wildman–Crippen MR) is 156 cm³/mol. The summed E-state index contributed by atoms with van der Waals surface area (Å²) < 4.78 is 10.4. The number of H-pyrrole nitrogens is 1. The van der Waals surface area contributed by atoms with Crippen molar-refractivity contribution in [3.63, 3.8) is 0 Å². The molecule has 1 heterocycles. The molecule has 202 valence electrons. The molecule has 0 saturated carbocycles. The first-order valence-electron chi connectivity index (χ1n) is 13.1. The SMILES string of the molecule is CCOC(=O)Cc1c(C=CCc2cccc(C[C@H](N)C(=O)N(C)c3ccc(OC)cc3)c2)[nH]c2ccccc12. The van der Waals surface area contributed by atoms with Gasteiger partial charge in [0.2, 0.25) is 5.91 Å². The number of aromatic nitrogens is 1. The summed E-state index contributed by atoms with van der Waals surface area (Å²) in [4.78, 5) is 30.2. The zero-order valence-electron chi connectivity index (χ0n) is 22.6. The van der Waals surface area contributed by atoms with Crippen LogP contribution in [0.2, 0.25) is 0 Å². The van der Waals surface area contributed by atoms with Crippen molar-refractivity contribution in [1.29, 1.82) is 0 Å². The molecular formula is C32H35N3O4. The molecule has 1 aromatic heterocycles. The molecule has 0 spiro atoms. The number of fused-ring (bicyclic) bond motifs is 1. The number of likely N-dealkylation sites (N-methyl/N-ethyl adjacent to an activating group) is 1. The fourth-order valence-electron chi connectivity index (χ4n) is 4.63. The zero-order valence-corrected chi connectivity index (χ0v) is 22.6. The van der Waals surface area contributed by atoms with Gasteiger partial charge in [-0.3, -0.25) is 9.59 Å². The molecule has 1 atom stereocenters. The second kappa shape index (κ2) is 12.9. The number of aromatic amines is 1. The maximum absolute atomic E-state index is 13.0. The largest absolute Gasteiger partial charge is 0.497 e. The Kier molecular flexibility index (Phi) is 9.18. The van der Waals surface area contributed by atoms with Crippen molar-refractivity contribution in [2.45, 2.75) is 32.2 Å². The van der Waals surface area contributed by atoms with Gasteiger partial charge in [-0.15, -0.1) is 0 Å². The van der Waals surface area contributed by atoms with Crippen molar-refractivity contribution < 1.29 is 19.1 Å². The molecule has 0 radical (unpaired) electrons. The third kappa shape index (κ3) is 6.94. The predicted octanol–water partition coefficient (Wildman–Crippen LogP) is 5.07. The molecule has 4 aromatic rings. The monoisotopic (exact) mass is 525 g/mol. The average molecular weight is 526 g/mol. The van der Waals surface area contributed by atoms with Crippen molar-refractivity contribution in [3.8, 4) is 5.75 Å². The topological polar surface area (TPSA) is 97.7 Å². The minimum atomic E-state index is -0.667. The number of hydrogen-bond donors (Lipinski definition) is 2. The van der Waals surface area contributed by atoms with Gasteiger partial charge in [-0.1, -0.05) is 48.5 Å². The molecule has 4 rings (SSSR count). The molecule has 7 nitrogen and oxygen atoms in total. The van der Waals surface area contributed by atoms with E-state index in [4.69, 9.17) is 15.2 Å². The van der Waals surface area contributed by atoms with Crippen LogP contribution in [-0.4, -0.2) is 43.7 Å². The van der Waals surface area contributed by atoms with Crippen molar-refractivity contribution in [3.05, 3.63) is 101 Å². The van der Waals surface area contributed by atoms with E-state index in [2.05, 4.69) is 23.2 Å². The van der Waals surface area contributed by atoms with E-state index in [1.165, 1.54) is 0 Å². The number of allylic oxidation sites excluding steroid dienone is 1. The second-order valence-corrected chi connectivity index (χ2v) is 9.38. The highest BCUT2D eigenvalue weighted by Gasteiger charge is 2.20. The highest BCUT2D eigenvalue weighted by molar-refractivity contribution is 5.96. The molecule has 0 unspecified atom stereocenters. The number of nitrogens with two attached hydrogens (primary N) is 1. The first-order valence-corrected chi connectivity index (χ1v) is 13.1. The zero-order chi connectivity index (χ0) is 27.8. The van der Waals surface area contributed by atoms with Crippen LogP contribution in [0.3, 0.4) is 0 Å². The van der Waals surface area contributed by atoms with E-state index in [-0.39, 0.29) is 18.3 Å². The van der Waals surface area contributed by atoms with Crippen LogP contribution in [0, 0.1) is 0 Å². The maximum Gasteiger partial charge on any atom is 0.310 e. The molecule has 1 amide bonds. The van der Waals surface area contributed by atoms with Crippen LogP contribution in [0.15, 0.2) is 78.9 Å². The summed E-state index contributed by atoms with van der Waals surface area (Å²) in [6.07, 6.45) is 5.42. The lowest BCUT2D eigenvalue weighted by atomic mass is 10.0. The highest BCUT2D eigenvalue weighted by Crippen LogP contribution is 2.25. The quantitative estimate of drug-likeness (QED) is 0.267. The first kappa shape index (κ1) is 27.7. The minimum absolute atomic E-state index is 0.154. The fraction of sp³-hybridized carbons (Fsp3) is 0.250. The smallest absolute Gasteiger partial charge is 0.310 e. The molecule has 3 N–H and O–H groups in total. The van der Waals surface area contributed by atoms with E-state index >= 15 is 0 Å². The number of rotatable bonds is 11. The number of nitrogens with zero attached hydrogens (tertiary/aromatic N) is 1. The molecule has 7 heteroatoms. The lowest BCUT2D eigenvalue weighted by molar-refractivity contribution is -0.142. The molecule has 0 fully saturated rings. The summed E-state index contributed by atoms with van der Waals surface area (Å²) in [5.74, 6) is 0.334. The Morgan fingerprint density at radius 2 is 1.77 bits per heavy atom. The van der Waals surface area contributed by atoms with Gasteiger partial charge in [0.15, 0.2) is 0 Å². The average Bonchev–Trinajstić information content (AvgIpc) is 3.29. The van der Waals surface area contributed by atoms with E-state index in [9.17, 15) is 9.59 Å². The molecule has 0 aliphatic heterocycles. The number of carbonyl (C=O) groups is 2. The standard InChI is InChI=1S/C32H35N3O4/c1-4-39-31(36)21-27-26-12-5-6-13-29(26)34-30(27)14-8-10-22-9-7-11-23(19-22)20-28(33)32(37)35(2)24-15-17-25(38-3)18-16-24/h5-9,11-19,28,34H,4,10,20-21,33H2,1-3H3/t28-/m0/s1. The molecular weight excluding hydrogens is 490 g/mol. The maximum atomic E-state index is 13.0. The molecule has 39 heavy (non-hydrogen) atoms. The van der Waals surface area contributed by atoms with Gasteiger partial charge in [0.05, 0.1) is 26.2 Å². The van der Waals surface area contributed by atoms with Gasteiger partial charge < -0.3 is 25.1 Å². The molecule has 3 aromatic carbocycles. The van der Waals surface area contributed by atoms with Crippen molar-refractivity contribution in [2.24, 2.45) is 5.73 Å². The van der Waals surface area contributed by atoms with Gasteiger partial charge in [-0.25, -0.2) is 0 Å². The second-order valence-electron chi connectivity index (χ2n) is 9.38. The van der Waals surface area contributed by atoms with Crippen LogP contribution < -0.4 is 15.4 Å². The highest BCUT2D eigenvalue weighted by atomic mass is 16.5.